The largest absolute Gasteiger partial charge is 0.330 e. The van der Waals surface area contributed by atoms with Gasteiger partial charge in [0.1, 0.15) is 5.82 Å². The Morgan fingerprint density at radius 2 is 2.14 bits per heavy atom. The number of rotatable bonds is 3. The maximum Gasteiger partial charge on any atom is 0.111 e. The second kappa shape index (κ2) is 3.80. The van der Waals surface area contributed by atoms with Gasteiger partial charge in [-0.25, -0.2) is 4.98 Å². The summed E-state index contributed by atoms with van der Waals surface area (Å²) < 4.78 is 2.22. The lowest BCUT2D eigenvalue weighted by Gasteiger charge is -2.03. The summed E-state index contributed by atoms with van der Waals surface area (Å²) >= 11 is 0. The molecule has 2 aromatic rings. The van der Waals surface area contributed by atoms with E-state index in [1.807, 2.05) is 18.2 Å². The van der Waals surface area contributed by atoms with Crippen LogP contribution in [-0.4, -0.2) is 16.1 Å². The standard InChI is InChI=1S/C11H15N3/c1-2-14-10-6-4-3-5-9(10)13-11(14)7-8-12/h3-6H,2,7-8,12H2,1H3. The number of nitrogens with zero attached hydrogens (tertiary/aromatic N) is 2. The lowest BCUT2D eigenvalue weighted by Crippen LogP contribution is -2.09. The molecule has 0 fully saturated rings. The van der Waals surface area contributed by atoms with E-state index < -0.39 is 0 Å². The molecular weight excluding hydrogens is 174 g/mol. The van der Waals surface area contributed by atoms with E-state index in [9.17, 15) is 0 Å². The normalized spacial score (nSPS) is 11.0. The molecule has 0 atom stereocenters. The van der Waals surface area contributed by atoms with Gasteiger partial charge in [0.05, 0.1) is 11.0 Å². The second-order valence-corrected chi connectivity index (χ2v) is 3.30. The Kier molecular flexibility index (Phi) is 2.50. The topological polar surface area (TPSA) is 43.8 Å². The Labute approximate surface area is 83.6 Å². The smallest absolute Gasteiger partial charge is 0.111 e. The molecule has 0 spiro atoms. The zero-order valence-electron chi connectivity index (χ0n) is 8.40. The van der Waals surface area contributed by atoms with Crippen LogP contribution in [0.25, 0.3) is 11.0 Å². The summed E-state index contributed by atoms with van der Waals surface area (Å²) in [5, 5.41) is 0. The number of benzene rings is 1. The highest BCUT2D eigenvalue weighted by Gasteiger charge is 2.06. The van der Waals surface area contributed by atoms with Crippen LogP contribution in [0.3, 0.4) is 0 Å². The van der Waals surface area contributed by atoms with E-state index >= 15 is 0 Å². The van der Waals surface area contributed by atoms with Crippen LogP contribution in [0, 0.1) is 0 Å². The molecule has 0 amide bonds. The summed E-state index contributed by atoms with van der Waals surface area (Å²) in [6.45, 7) is 3.74. The molecule has 2 N–H and O–H groups in total. The van der Waals surface area contributed by atoms with Gasteiger partial charge in [-0.3, -0.25) is 0 Å². The molecule has 0 aliphatic rings. The average Bonchev–Trinajstić information content (AvgIpc) is 2.55. The van der Waals surface area contributed by atoms with Crippen LogP contribution in [0.1, 0.15) is 12.7 Å². The van der Waals surface area contributed by atoms with Crippen molar-refractivity contribution in [1.82, 2.24) is 9.55 Å². The maximum atomic E-state index is 5.55. The summed E-state index contributed by atoms with van der Waals surface area (Å²) in [7, 11) is 0. The molecular formula is C11H15N3. The van der Waals surface area contributed by atoms with Gasteiger partial charge in [-0.2, -0.15) is 0 Å². The van der Waals surface area contributed by atoms with Crippen molar-refractivity contribution in [2.24, 2.45) is 5.73 Å². The first-order valence-electron chi connectivity index (χ1n) is 5.01. The van der Waals surface area contributed by atoms with Crippen LogP contribution >= 0.6 is 0 Å². The van der Waals surface area contributed by atoms with Gasteiger partial charge in [-0.15, -0.1) is 0 Å². The summed E-state index contributed by atoms with van der Waals surface area (Å²) in [4.78, 5) is 4.56. The van der Waals surface area contributed by atoms with Gasteiger partial charge in [-0.05, 0) is 25.6 Å². The van der Waals surface area contributed by atoms with Gasteiger partial charge in [0.25, 0.3) is 0 Å². The van der Waals surface area contributed by atoms with Crippen LogP contribution < -0.4 is 5.73 Å². The van der Waals surface area contributed by atoms with E-state index in [2.05, 4.69) is 22.5 Å². The van der Waals surface area contributed by atoms with Crippen LogP contribution in [0.15, 0.2) is 24.3 Å². The van der Waals surface area contributed by atoms with Crippen molar-refractivity contribution in [1.29, 1.82) is 0 Å². The molecule has 1 aromatic carbocycles. The number of aromatic nitrogens is 2. The minimum Gasteiger partial charge on any atom is -0.330 e. The third-order valence-corrected chi connectivity index (χ3v) is 2.42. The molecule has 3 heteroatoms. The van der Waals surface area contributed by atoms with Gasteiger partial charge in [-0.1, -0.05) is 12.1 Å². The van der Waals surface area contributed by atoms with Gasteiger partial charge in [0.15, 0.2) is 0 Å². The van der Waals surface area contributed by atoms with Gasteiger partial charge in [0.2, 0.25) is 0 Å². The molecule has 3 nitrogen and oxygen atoms in total. The highest BCUT2D eigenvalue weighted by molar-refractivity contribution is 5.75. The van der Waals surface area contributed by atoms with Gasteiger partial charge < -0.3 is 10.3 Å². The number of fused-ring (bicyclic) bond motifs is 1. The Morgan fingerprint density at radius 1 is 1.36 bits per heavy atom. The SMILES string of the molecule is CCn1c(CCN)nc2ccccc21. The summed E-state index contributed by atoms with van der Waals surface area (Å²) in [5.41, 5.74) is 7.83. The fourth-order valence-corrected chi connectivity index (χ4v) is 1.80. The molecule has 0 bridgehead atoms. The van der Waals surface area contributed by atoms with Gasteiger partial charge in [0, 0.05) is 13.0 Å². The minimum absolute atomic E-state index is 0.656. The zero-order chi connectivity index (χ0) is 9.97. The predicted octanol–water partition coefficient (Wildman–Crippen LogP) is 1.56. The molecule has 0 unspecified atom stereocenters. The van der Waals surface area contributed by atoms with E-state index in [0.717, 1.165) is 24.3 Å². The van der Waals surface area contributed by atoms with Crippen molar-refractivity contribution in [3.8, 4) is 0 Å². The lowest BCUT2D eigenvalue weighted by atomic mass is 10.3. The third kappa shape index (κ3) is 1.40. The quantitative estimate of drug-likeness (QED) is 0.796. The molecule has 1 aromatic heterocycles. The van der Waals surface area contributed by atoms with Crippen molar-refractivity contribution >= 4 is 11.0 Å². The monoisotopic (exact) mass is 189 g/mol. The maximum absolute atomic E-state index is 5.55. The number of aryl methyl sites for hydroxylation is 1. The van der Waals surface area contributed by atoms with E-state index in [0.29, 0.717) is 6.54 Å². The lowest BCUT2D eigenvalue weighted by molar-refractivity contribution is 0.711. The van der Waals surface area contributed by atoms with Crippen molar-refractivity contribution in [2.75, 3.05) is 6.54 Å². The van der Waals surface area contributed by atoms with Crippen molar-refractivity contribution in [3.63, 3.8) is 0 Å². The highest BCUT2D eigenvalue weighted by Crippen LogP contribution is 2.15. The Hall–Kier alpha value is -1.35. The average molecular weight is 189 g/mol. The summed E-state index contributed by atoms with van der Waals surface area (Å²) in [6, 6.07) is 8.21. The van der Waals surface area contributed by atoms with Crippen molar-refractivity contribution in [2.45, 2.75) is 19.9 Å². The Morgan fingerprint density at radius 3 is 2.86 bits per heavy atom. The molecule has 74 valence electrons. The number of nitrogens with two attached hydrogens (primary N) is 1. The van der Waals surface area contributed by atoms with Crippen LogP contribution in [-0.2, 0) is 13.0 Å². The molecule has 14 heavy (non-hydrogen) atoms. The summed E-state index contributed by atoms with van der Waals surface area (Å²) in [5.74, 6) is 1.09. The number of hydrogen-bond acceptors (Lipinski definition) is 2. The number of para-hydroxylation sites is 2. The van der Waals surface area contributed by atoms with E-state index in [-0.39, 0.29) is 0 Å². The molecule has 0 saturated heterocycles. The molecule has 0 radical (unpaired) electrons. The fourth-order valence-electron chi connectivity index (χ4n) is 1.80. The first-order chi connectivity index (χ1) is 6.86. The molecule has 0 aliphatic heterocycles. The van der Waals surface area contributed by atoms with E-state index in [1.165, 1.54) is 5.52 Å². The Balaban J connectivity index is 2.60. The summed E-state index contributed by atoms with van der Waals surface area (Å²) in [6.07, 6.45) is 0.850. The van der Waals surface area contributed by atoms with Crippen molar-refractivity contribution < 1.29 is 0 Å². The first kappa shape index (κ1) is 9.21. The van der Waals surface area contributed by atoms with Crippen LogP contribution in [0.5, 0.6) is 0 Å². The predicted molar refractivity (Wildman–Crippen MR) is 58.2 cm³/mol. The zero-order valence-corrected chi connectivity index (χ0v) is 8.40. The van der Waals surface area contributed by atoms with E-state index in [4.69, 9.17) is 5.73 Å². The third-order valence-electron chi connectivity index (χ3n) is 2.42. The fraction of sp³-hybridized carbons (Fsp3) is 0.364. The Bertz CT molecular complexity index is 431. The molecule has 0 aliphatic carbocycles. The molecule has 2 rings (SSSR count). The number of hydrogen-bond donors (Lipinski definition) is 1. The van der Waals surface area contributed by atoms with Crippen LogP contribution in [0.4, 0.5) is 0 Å². The molecule has 1 heterocycles. The first-order valence-corrected chi connectivity index (χ1v) is 5.01. The van der Waals surface area contributed by atoms with Gasteiger partial charge >= 0.3 is 0 Å². The molecule has 0 saturated carbocycles. The second-order valence-electron chi connectivity index (χ2n) is 3.30. The van der Waals surface area contributed by atoms with E-state index in [1.54, 1.807) is 0 Å². The minimum atomic E-state index is 0.656. The van der Waals surface area contributed by atoms with Crippen LogP contribution in [0.2, 0.25) is 0 Å². The number of imidazole rings is 1. The highest BCUT2D eigenvalue weighted by atomic mass is 15.1. The van der Waals surface area contributed by atoms with Crippen molar-refractivity contribution in [3.05, 3.63) is 30.1 Å².